The SMILES string of the molecule is COc1ccc(CCN(CCC(=O)NCc2cccnc2)C(C)=O)cc1OC. The molecular formula is C21H27N3O4. The third-order valence-corrected chi connectivity index (χ3v) is 4.38. The first-order valence-corrected chi connectivity index (χ1v) is 9.15. The second-order valence-electron chi connectivity index (χ2n) is 6.33. The highest BCUT2D eigenvalue weighted by atomic mass is 16.5. The van der Waals surface area contributed by atoms with E-state index in [1.807, 2.05) is 30.3 Å². The summed E-state index contributed by atoms with van der Waals surface area (Å²) in [6.45, 7) is 2.85. The fourth-order valence-corrected chi connectivity index (χ4v) is 2.76. The summed E-state index contributed by atoms with van der Waals surface area (Å²) in [5.41, 5.74) is 1.97. The van der Waals surface area contributed by atoms with Gasteiger partial charge < -0.3 is 19.7 Å². The molecule has 0 bridgehead atoms. The average Bonchev–Trinajstić information content (AvgIpc) is 2.72. The molecule has 0 aliphatic carbocycles. The summed E-state index contributed by atoms with van der Waals surface area (Å²) in [6, 6.07) is 9.42. The maximum absolute atomic E-state index is 12.1. The Hall–Kier alpha value is -3.09. The zero-order valence-electron chi connectivity index (χ0n) is 16.6. The van der Waals surface area contributed by atoms with E-state index in [1.165, 1.54) is 6.92 Å². The minimum atomic E-state index is -0.0961. The van der Waals surface area contributed by atoms with Crippen LogP contribution >= 0.6 is 0 Å². The van der Waals surface area contributed by atoms with Crippen LogP contribution in [0.3, 0.4) is 0 Å². The van der Waals surface area contributed by atoms with Crippen molar-refractivity contribution in [1.29, 1.82) is 0 Å². The molecular weight excluding hydrogens is 358 g/mol. The molecule has 1 N–H and O–H groups in total. The van der Waals surface area contributed by atoms with Crippen LogP contribution in [0.5, 0.6) is 11.5 Å². The number of amides is 2. The number of ether oxygens (including phenoxy) is 2. The van der Waals surface area contributed by atoms with Crippen LogP contribution in [-0.4, -0.2) is 49.0 Å². The molecule has 150 valence electrons. The van der Waals surface area contributed by atoms with Crippen molar-refractivity contribution in [3.05, 3.63) is 53.9 Å². The van der Waals surface area contributed by atoms with Crippen LogP contribution in [0, 0.1) is 0 Å². The number of benzene rings is 1. The Balaban J connectivity index is 1.82. The standard InChI is InChI=1S/C21H27N3O4/c1-16(25)24(11-8-17-6-7-19(27-2)20(13-17)28-3)12-9-21(26)23-15-18-5-4-10-22-14-18/h4-7,10,13-14H,8-9,11-12,15H2,1-3H3,(H,23,26). The Morgan fingerprint density at radius 2 is 1.86 bits per heavy atom. The summed E-state index contributed by atoms with van der Waals surface area (Å²) < 4.78 is 10.5. The molecule has 1 aromatic heterocycles. The predicted molar refractivity (Wildman–Crippen MR) is 106 cm³/mol. The number of hydrogen-bond acceptors (Lipinski definition) is 5. The lowest BCUT2D eigenvalue weighted by Gasteiger charge is -2.21. The number of nitrogens with one attached hydrogen (secondary N) is 1. The topological polar surface area (TPSA) is 80.8 Å². The van der Waals surface area contributed by atoms with Gasteiger partial charge in [0.2, 0.25) is 11.8 Å². The molecule has 0 spiro atoms. The van der Waals surface area contributed by atoms with Crippen molar-refractivity contribution in [1.82, 2.24) is 15.2 Å². The molecule has 0 aliphatic rings. The largest absolute Gasteiger partial charge is 0.493 e. The molecule has 0 fully saturated rings. The van der Waals surface area contributed by atoms with E-state index in [9.17, 15) is 9.59 Å². The first-order chi connectivity index (χ1) is 13.5. The van der Waals surface area contributed by atoms with E-state index in [2.05, 4.69) is 10.3 Å². The summed E-state index contributed by atoms with van der Waals surface area (Å²) in [5.74, 6) is 1.17. The predicted octanol–water partition coefficient (Wildman–Crippen LogP) is 2.20. The first-order valence-electron chi connectivity index (χ1n) is 9.15. The maximum Gasteiger partial charge on any atom is 0.222 e. The van der Waals surface area contributed by atoms with Crippen LogP contribution in [0.15, 0.2) is 42.7 Å². The van der Waals surface area contributed by atoms with Crippen molar-refractivity contribution in [2.24, 2.45) is 0 Å². The van der Waals surface area contributed by atoms with Gasteiger partial charge in [-0.15, -0.1) is 0 Å². The lowest BCUT2D eigenvalue weighted by atomic mass is 10.1. The number of hydrogen-bond donors (Lipinski definition) is 1. The molecule has 0 unspecified atom stereocenters. The van der Waals surface area contributed by atoms with E-state index < -0.39 is 0 Å². The second kappa shape index (κ2) is 10.9. The molecule has 1 aromatic carbocycles. The number of aromatic nitrogens is 1. The van der Waals surface area contributed by atoms with Crippen molar-refractivity contribution >= 4 is 11.8 Å². The zero-order valence-corrected chi connectivity index (χ0v) is 16.6. The molecule has 2 amide bonds. The van der Waals surface area contributed by atoms with Gasteiger partial charge in [-0.3, -0.25) is 14.6 Å². The number of rotatable bonds is 10. The number of methoxy groups -OCH3 is 2. The Labute approximate surface area is 165 Å². The van der Waals surface area contributed by atoms with Crippen molar-refractivity contribution < 1.29 is 19.1 Å². The minimum Gasteiger partial charge on any atom is -0.493 e. The highest BCUT2D eigenvalue weighted by Gasteiger charge is 2.12. The Bertz CT molecular complexity index is 780. The summed E-state index contributed by atoms with van der Waals surface area (Å²) >= 11 is 0. The van der Waals surface area contributed by atoms with Crippen molar-refractivity contribution in [2.75, 3.05) is 27.3 Å². The number of carbonyl (C=O) groups is 2. The molecule has 2 aromatic rings. The smallest absolute Gasteiger partial charge is 0.222 e. The molecule has 0 radical (unpaired) electrons. The van der Waals surface area contributed by atoms with E-state index in [0.29, 0.717) is 37.6 Å². The molecule has 0 aliphatic heterocycles. The quantitative estimate of drug-likeness (QED) is 0.678. The fourth-order valence-electron chi connectivity index (χ4n) is 2.76. The normalized spacial score (nSPS) is 10.2. The third kappa shape index (κ3) is 6.57. The van der Waals surface area contributed by atoms with Crippen molar-refractivity contribution in [3.8, 4) is 11.5 Å². The summed E-state index contributed by atoms with van der Waals surface area (Å²) in [6.07, 6.45) is 4.32. The minimum absolute atomic E-state index is 0.0551. The van der Waals surface area contributed by atoms with Crippen LogP contribution in [-0.2, 0) is 22.6 Å². The van der Waals surface area contributed by atoms with E-state index in [1.54, 1.807) is 31.5 Å². The molecule has 2 rings (SSSR count). The summed E-state index contributed by atoms with van der Waals surface area (Å²) in [5, 5.41) is 2.85. The Kier molecular flexibility index (Phi) is 8.27. The van der Waals surface area contributed by atoms with Crippen LogP contribution in [0.2, 0.25) is 0 Å². The zero-order chi connectivity index (χ0) is 20.4. The van der Waals surface area contributed by atoms with Gasteiger partial charge >= 0.3 is 0 Å². The highest BCUT2D eigenvalue weighted by molar-refractivity contribution is 5.78. The molecule has 7 nitrogen and oxygen atoms in total. The molecule has 1 heterocycles. The number of pyridine rings is 1. The summed E-state index contributed by atoms with van der Waals surface area (Å²) in [7, 11) is 3.18. The number of nitrogens with zero attached hydrogens (tertiary/aromatic N) is 2. The average molecular weight is 385 g/mol. The summed E-state index contributed by atoms with van der Waals surface area (Å²) in [4.78, 5) is 29.7. The van der Waals surface area contributed by atoms with Gasteiger partial charge in [-0.2, -0.15) is 0 Å². The fraction of sp³-hybridized carbons (Fsp3) is 0.381. The van der Waals surface area contributed by atoms with E-state index >= 15 is 0 Å². The van der Waals surface area contributed by atoms with E-state index in [0.717, 1.165) is 11.1 Å². The lowest BCUT2D eigenvalue weighted by Crippen LogP contribution is -2.35. The van der Waals surface area contributed by atoms with E-state index in [-0.39, 0.29) is 18.2 Å². The van der Waals surface area contributed by atoms with Crippen LogP contribution in [0.1, 0.15) is 24.5 Å². The van der Waals surface area contributed by atoms with Gasteiger partial charge in [-0.1, -0.05) is 12.1 Å². The molecule has 28 heavy (non-hydrogen) atoms. The van der Waals surface area contributed by atoms with Crippen LogP contribution in [0.25, 0.3) is 0 Å². The third-order valence-electron chi connectivity index (χ3n) is 4.38. The molecule has 0 saturated heterocycles. The Morgan fingerprint density at radius 3 is 2.50 bits per heavy atom. The number of carbonyl (C=O) groups excluding carboxylic acids is 2. The van der Waals surface area contributed by atoms with Gasteiger partial charge in [0.05, 0.1) is 14.2 Å². The van der Waals surface area contributed by atoms with Gasteiger partial charge in [0.1, 0.15) is 0 Å². The van der Waals surface area contributed by atoms with Gasteiger partial charge in [0, 0.05) is 45.4 Å². The Morgan fingerprint density at radius 1 is 1.07 bits per heavy atom. The first kappa shape index (κ1) is 21.2. The van der Waals surface area contributed by atoms with E-state index in [4.69, 9.17) is 9.47 Å². The molecule has 0 saturated carbocycles. The second-order valence-corrected chi connectivity index (χ2v) is 6.33. The highest BCUT2D eigenvalue weighted by Crippen LogP contribution is 2.27. The van der Waals surface area contributed by atoms with Gasteiger partial charge in [0.15, 0.2) is 11.5 Å². The monoisotopic (exact) mass is 385 g/mol. The van der Waals surface area contributed by atoms with Crippen molar-refractivity contribution in [2.45, 2.75) is 26.3 Å². The van der Waals surface area contributed by atoms with Crippen LogP contribution < -0.4 is 14.8 Å². The van der Waals surface area contributed by atoms with Gasteiger partial charge in [0.25, 0.3) is 0 Å². The van der Waals surface area contributed by atoms with Gasteiger partial charge in [-0.05, 0) is 35.7 Å². The maximum atomic E-state index is 12.1. The van der Waals surface area contributed by atoms with Crippen LogP contribution in [0.4, 0.5) is 0 Å². The molecule has 7 heteroatoms. The molecule has 0 atom stereocenters. The van der Waals surface area contributed by atoms with Crippen molar-refractivity contribution in [3.63, 3.8) is 0 Å². The van der Waals surface area contributed by atoms with Gasteiger partial charge in [-0.25, -0.2) is 0 Å². The lowest BCUT2D eigenvalue weighted by molar-refractivity contribution is -0.129.